The molecular weight excluding hydrogens is 256 g/mol. The summed E-state index contributed by atoms with van der Waals surface area (Å²) in [5, 5.41) is 0. The molecule has 2 atom stereocenters. The van der Waals surface area contributed by atoms with E-state index >= 15 is 0 Å². The van der Waals surface area contributed by atoms with Crippen LogP contribution < -0.4 is 0 Å². The third-order valence-electron chi connectivity index (χ3n) is 3.78. The minimum atomic E-state index is -0.457. The number of aromatic nitrogens is 1. The van der Waals surface area contributed by atoms with Crippen molar-refractivity contribution in [1.82, 2.24) is 9.88 Å². The van der Waals surface area contributed by atoms with Gasteiger partial charge in [-0.3, -0.25) is 4.98 Å². The molecule has 0 unspecified atom stereocenters. The summed E-state index contributed by atoms with van der Waals surface area (Å²) in [5.74, 6) is 0. The van der Waals surface area contributed by atoms with E-state index < -0.39 is 5.60 Å². The van der Waals surface area contributed by atoms with Crippen LogP contribution in [0.15, 0.2) is 24.5 Å². The Bertz CT molecular complexity index is 512. The van der Waals surface area contributed by atoms with Gasteiger partial charge in [0.2, 0.25) is 0 Å². The lowest BCUT2D eigenvalue weighted by Crippen LogP contribution is -2.44. The first-order valence-corrected chi connectivity index (χ1v) is 6.97. The molecule has 1 aromatic rings. The Labute approximate surface area is 118 Å². The Balaban J connectivity index is 1.65. The molecule has 2 aliphatic rings. The van der Waals surface area contributed by atoms with Crippen molar-refractivity contribution >= 4 is 6.09 Å². The standard InChI is InChI=1S/C15H20N2O3/c1-14(2,3)20-13(18)17-9-6-15(12(10-17)19-15)11-4-7-16-8-5-11/h4-5,7-8,12H,6,9-10H2,1-3H3/t12-,15-/m0/s1. The van der Waals surface area contributed by atoms with Crippen LogP contribution in [0.5, 0.6) is 0 Å². The second-order valence-corrected chi connectivity index (χ2v) is 6.41. The van der Waals surface area contributed by atoms with Gasteiger partial charge >= 0.3 is 6.09 Å². The number of rotatable bonds is 1. The molecule has 0 aromatic carbocycles. The van der Waals surface area contributed by atoms with E-state index in [4.69, 9.17) is 9.47 Å². The molecule has 0 spiro atoms. The van der Waals surface area contributed by atoms with Crippen LogP contribution in [0.1, 0.15) is 32.8 Å². The normalized spacial score (nSPS) is 28.8. The predicted molar refractivity (Wildman–Crippen MR) is 73.2 cm³/mol. The largest absolute Gasteiger partial charge is 0.444 e. The van der Waals surface area contributed by atoms with Crippen LogP contribution in [0.25, 0.3) is 0 Å². The molecule has 1 amide bonds. The highest BCUT2D eigenvalue weighted by Gasteiger charge is 2.60. The third kappa shape index (κ3) is 2.38. The number of piperidine rings is 1. The number of ether oxygens (including phenoxy) is 2. The van der Waals surface area contributed by atoms with Crippen molar-refractivity contribution < 1.29 is 14.3 Å². The molecule has 0 N–H and O–H groups in total. The van der Waals surface area contributed by atoms with E-state index in [0.717, 1.165) is 12.0 Å². The summed E-state index contributed by atoms with van der Waals surface area (Å²) in [7, 11) is 0. The van der Waals surface area contributed by atoms with E-state index in [1.54, 1.807) is 17.3 Å². The number of likely N-dealkylation sites (tertiary alicyclic amines) is 1. The summed E-state index contributed by atoms with van der Waals surface area (Å²) in [5.41, 5.74) is 0.490. The fourth-order valence-corrected chi connectivity index (χ4v) is 2.74. The lowest BCUT2D eigenvalue weighted by molar-refractivity contribution is 0.0217. The highest BCUT2D eigenvalue weighted by molar-refractivity contribution is 5.68. The number of hydrogen-bond donors (Lipinski definition) is 0. The van der Waals surface area contributed by atoms with E-state index in [9.17, 15) is 4.79 Å². The van der Waals surface area contributed by atoms with Gasteiger partial charge in [-0.1, -0.05) is 0 Å². The van der Waals surface area contributed by atoms with Gasteiger partial charge in [-0.25, -0.2) is 4.79 Å². The molecule has 0 aliphatic carbocycles. The topological polar surface area (TPSA) is 55.0 Å². The van der Waals surface area contributed by atoms with Crippen LogP contribution in [-0.4, -0.2) is 40.8 Å². The minimum Gasteiger partial charge on any atom is -0.444 e. The van der Waals surface area contributed by atoms with Crippen molar-refractivity contribution in [1.29, 1.82) is 0 Å². The Hall–Kier alpha value is -1.62. The summed E-state index contributed by atoms with van der Waals surface area (Å²) in [6.07, 6.45) is 4.19. The molecule has 20 heavy (non-hydrogen) atoms. The number of nitrogens with zero attached hydrogens (tertiary/aromatic N) is 2. The van der Waals surface area contributed by atoms with Crippen LogP contribution in [0.4, 0.5) is 4.79 Å². The van der Waals surface area contributed by atoms with Gasteiger partial charge in [0.15, 0.2) is 0 Å². The van der Waals surface area contributed by atoms with Gasteiger partial charge in [0, 0.05) is 25.4 Å². The van der Waals surface area contributed by atoms with Crippen LogP contribution in [0.2, 0.25) is 0 Å². The average Bonchev–Trinajstić information content (AvgIpc) is 3.12. The Morgan fingerprint density at radius 1 is 1.45 bits per heavy atom. The zero-order valence-corrected chi connectivity index (χ0v) is 12.1. The monoisotopic (exact) mass is 276 g/mol. The summed E-state index contributed by atoms with van der Waals surface area (Å²) in [6.45, 7) is 6.89. The molecule has 5 heteroatoms. The van der Waals surface area contributed by atoms with Gasteiger partial charge in [-0.15, -0.1) is 0 Å². The molecule has 1 aromatic heterocycles. The first-order chi connectivity index (χ1) is 9.41. The van der Waals surface area contributed by atoms with Crippen LogP contribution in [0, 0.1) is 0 Å². The van der Waals surface area contributed by atoms with Gasteiger partial charge in [-0.2, -0.15) is 0 Å². The number of hydrogen-bond acceptors (Lipinski definition) is 4. The van der Waals surface area contributed by atoms with E-state index in [1.807, 2.05) is 32.9 Å². The highest BCUT2D eigenvalue weighted by Crippen LogP contribution is 2.51. The van der Waals surface area contributed by atoms with Crippen molar-refractivity contribution in [3.8, 4) is 0 Å². The van der Waals surface area contributed by atoms with Crippen molar-refractivity contribution in [2.75, 3.05) is 13.1 Å². The summed E-state index contributed by atoms with van der Waals surface area (Å²) in [6, 6.07) is 3.98. The maximum Gasteiger partial charge on any atom is 0.410 e. The summed E-state index contributed by atoms with van der Waals surface area (Å²) in [4.78, 5) is 17.8. The third-order valence-corrected chi connectivity index (χ3v) is 3.78. The maximum absolute atomic E-state index is 12.1. The highest BCUT2D eigenvalue weighted by atomic mass is 16.6. The van der Waals surface area contributed by atoms with E-state index in [2.05, 4.69) is 4.98 Å². The second-order valence-electron chi connectivity index (χ2n) is 6.41. The average molecular weight is 276 g/mol. The molecule has 0 radical (unpaired) electrons. The zero-order valence-electron chi connectivity index (χ0n) is 12.1. The molecule has 2 fully saturated rings. The van der Waals surface area contributed by atoms with Gasteiger partial charge in [0.1, 0.15) is 17.3 Å². The molecule has 3 rings (SSSR count). The van der Waals surface area contributed by atoms with Gasteiger partial charge < -0.3 is 14.4 Å². The molecule has 0 bridgehead atoms. The van der Waals surface area contributed by atoms with E-state index in [1.165, 1.54) is 0 Å². The lowest BCUT2D eigenvalue weighted by atomic mass is 9.90. The zero-order chi connectivity index (χ0) is 14.4. The van der Waals surface area contributed by atoms with Crippen molar-refractivity contribution in [3.63, 3.8) is 0 Å². The number of fused-ring (bicyclic) bond motifs is 1. The van der Waals surface area contributed by atoms with Gasteiger partial charge in [-0.05, 0) is 38.5 Å². The molecule has 108 valence electrons. The number of carbonyl (C=O) groups is 1. The Morgan fingerprint density at radius 3 is 2.75 bits per heavy atom. The first-order valence-electron chi connectivity index (χ1n) is 6.97. The van der Waals surface area contributed by atoms with Crippen molar-refractivity contribution in [2.45, 2.75) is 44.5 Å². The predicted octanol–water partition coefficient (Wildman–Crippen LogP) is 2.32. The van der Waals surface area contributed by atoms with Crippen molar-refractivity contribution in [3.05, 3.63) is 30.1 Å². The van der Waals surface area contributed by atoms with Gasteiger partial charge in [0.25, 0.3) is 0 Å². The minimum absolute atomic E-state index is 0.0752. The maximum atomic E-state index is 12.1. The second kappa shape index (κ2) is 4.45. The first kappa shape index (κ1) is 13.4. The summed E-state index contributed by atoms with van der Waals surface area (Å²) >= 11 is 0. The fraction of sp³-hybridized carbons (Fsp3) is 0.600. The van der Waals surface area contributed by atoms with Crippen molar-refractivity contribution in [2.24, 2.45) is 0 Å². The summed E-state index contributed by atoms with van der Waals surface area (Å²) < 4.78 is 11.3. The molecular formula is C15H20N2O3. The Kier molecular flexibility index (Phi) is 2.97. The fourth-order valence-electron chi connectivity index (χ4n) is 2.74. The number of carbonyl (C=O) groups excluding carboxylic acids is 1. The molecule has 5 nitrogen and oxygen atoms in total. The quantitative estimate of drug-likeness (QED) is 0.739. The number of amides is 1. The van der Waals surface area contributed by atoms with E-state index in [-0.39, 0.29) is 17.8 Å². The molecule has 3 heterocycles. The smallest absolute Gasteiger partial charge is 0.410 e. The number of epoxide rings is 1. The van der Waals surface area contributed by atoms with Gasteiger partial charge in [0.05, 0.1) is 6.54 Å². The van der Waals surface area contributed by atoms with E-state index in [0.29, 0.717) is 13.1 Å². The molecule has 0 saturated carbocycles. The molecule has 2 aliphatic heterocycles. The van der Waals surface area contributed by atoms with Crippen LogP contribution >= 0.6 is 0 Å². The lowest BCUT2D eigenvalue weighted by Gasteiger charge is -2.31. The Morgan fingerprint density at radius 2 is 2.15 bits per heavy atom. The SMILES string of the molecule is CC(C)(C)OC(=O)N1CC[C@@]2(c3ccncc3)O[C@H]2C1. The van der Waals surface area contributed by atoms with Crippen LogP contribution in [-0.2, 0) is 15.1 Å². The van der Waals surface area contributed by atoms with Crippen LogP contribution in [0.3, 0.4) is 0 Å². The molecule has 2 saturated heterocycles. The number of pyridine rings is 1.